The predicted molar refractivity (Wildman–Crippen MR) is 117 cm³/mol. The first-order valence-corrected chi connectivity index (χ1v) is 9.85. The Labute approximate surface area is 179 Å². The van der Waals surface area contributed by atoms with Gasteiger partial charge < -0.3 is 18.9 Å². The molecular weight excluding hydrogens is 398 g/mol. The van der Waals surface area contributed by atoms with Crippen LogP contribution in [0.1, 0.15) is 11.1 Å². The van der Waals surface area contributed by atoms with Gasteiger partial charge in [0.1, 0.15) is 22.7 Å². The first-order chi connectivity index (χ1) is 15.0. The van der Waals surface area contributed by atoms with Gasteiger partial charge in [-0.25, -0.2) is 9.79 Å². The Bertz CT molecular complexity index is 1250. The summed E-state index contributed by atoms with van der Waals surface area (Å²) in [7, 11) is 6.36. The van der Waals surface area contributed by atoms with E-state index in [4.69, 9.17) is 18.9 Å². The van der Waals surface area contributed by atoms with E-state index in [0.717, 1.165) is 22.4 Å². The van der Waals surface area contributed by atoms with Crippen LogP contribution in [0.5, 0.6) is 23.0 Å². The van der Waals surface area contributed by atoms with Gasteiger partial charge in [0.25, 0.3) is 0 Å². The van der Waals surface area contributed by atoms with Crippen molar-refractivity contribution in [1.29, 1.82) is 0 Å². The Balaban J connectivity index is 1.95. The largest absolute Gasteiger partial charge is 0.494 e. The minimum absolute atomic E-state index is 0.235. The van der Waals surface area contributed by atoms with Crippen molar-refractivity contribution in [2.75, 3.05) is 28.4 Å². The number of benzene rings is 2. The van der Waals surface area contributed by atoms with Gasteiger partial charge in [-0.2, -0.15) is 0 Å². The molecule has 0 unspecified atom stereocenters. The number of aromatic amines is 1. The summed E-state index contributed by atoms with van der Waals surface area (Å²) in [5, 5.41) is 0. The number of ether oxygens (including phenoxy) is 4. The molecule has 0 atom stereocenters. The number of H-pyrrole nitrogens is 1. The van der Waals surface area contributed by atoms with Crippen LogP contribution >= 0.6 is 0 Å². The number of rotatable bonds is 5. The third-order valence-electron chi connectivity index (χ3n) is 5.39. The summed E-state index contributed by atoms with van der Waals surface area (Å²) in [6, 6.07) is 9.46. The third kappa shape index (κ3) is 3.65. The average molecular weight is 423 g/mol. The van der Waals surface area contributed by atoms with E-state index >= 15 is 0 Å². The van der Waals surface area contributed by atoms with Crippen LogP contribution in [0.25, 0.3) is 11.3 Å². The van der Waals surface area contributed by atoms with Gasteiger partial charge in [-0.1, -0.05) is 0 Å². The fraction of sp³-hybridized carbons (Fsp3) is 0.304. The zero-order valence-electron chi connectivity index (χ0n) is 18.2. The number of hydrogen-bond acceptors (Lipinski definition) is 6. The lowest BCUT2D eigenvalue weighted by atomic mass is 9.97. The molecule has 1 aromatic heterocycles. The highest BCUT2D eigenvalue weighted by atomic mass is 16.5. The number of hydrogen-bond donors (Lipinski definition) is 1. The first kappa shape index (κ1) is 20.6. The molecule has 0 amide bonds. The molecule has 2 heterocycles. The zero-order valence-corrected chi connectivity index (χ0v) is 18.2. The summed E-state index contributed by atoms with van der Waals surface area (Å²) < 4.78 is 23.6. The molecule has 3 aromatic rings. The molecular formula is C23H25N3O5. The molecule has 31 heavy (non-hydrogen) atoms. The van der Waals surface area contributed by atoms with E-state index in [-0.39, 0.29) is 5.69 Å². The lowest BCUT2D eigenvalue weighted by Crippen LogP contribution is -2.33. The van der Waals surface area contributed by atoms with Crippen molar-refractivity contribution in [3.05, 3.63) is 57.4 Å². The van der Waals surface area contributed by atoms with Gasteiger partial charge in [0.2, 0.25) is 0 Å². The molecule has 2 aromatic carbocycles. The fourth-order valence-electron chi connectivity index (χ4n) is 3.89. The molecule has 8 heteroatoms. The van der Waals surface area contributed by atoms with Crippen molar-refractivity contribution in [3.8, 4) is 34.3 Å². The SMILES string of the molecule is COc1cc2c(cc1OC)-c1c/c(=N\c3c(OC)cc(C)cc3OC)[nH]c(=O)n1CC2. The lowest BCUT2D eigenvalue weighted by Gasteiger charge is -2.23. The van der Waals surface area contributed by atoms with Crippen molar-refractivity contribution in [1.82, 2.24) is 9.55 Å². The Morgan fingerprint density at radius 1 is 0.871 bits per heavy atom. The predicted octanol–water partition coefficient (Wildman–Crippen LogP) is 2.97. The Hall–Kier alpha value is -3.68. The van der Waals surface area contributed by atoms with E-state index in [1.54, 1.807) is 33.0 Å². The van der Waals surface area contributed by atoms with Crippen molar-refractivity contribution < 1.29 is 18.9 Å². The van der Waals surface area contributed by atoms with E-state index in [1.165, 1.54) is 0 Å². The molecule has 1 N–H and O–H groups in total. The van der Waals surface area contributed by atoms with Gasteiger partial charge in [-0.05, 0) is 48.7 Å². The van der Waals surface area contributed by atoms with E-state index in [0.29, 0.717) is 47.1 Å². The van der Waals surface area contributed by atoms with E-state index in [9.17, 15) is 4.79 Å². The van der Waals surface area contributed by atoms with E-state index < -0.39 is 0 Å². The van der Waals surface area contributed by atoms with Crippen LogP contribution in [-0.2, 0) is 13.0 Å². The van der Waals surface area contributed by atoms with Gasteiger partial charge in [0.15, 0.2) is 11.5 Å². The molecule has 0 spiro atoms. The highest BCUT2D eigenvalue weighted by molar-refractivity contribution is 5.70. The average Bonchev–Trinajstić information content (AvgIpc) is 2.78. The van der Waals surface area contributed by atoms with Crippen LogP contribution in [0.2, 0.25) is 0 Å². The standard InChI is InChI=1S/C23H25N3O5/c1-13-8-19(30-4)22(20(9-13)31-5)24-21-12-16-15-11-18(29-3)17(28-2)10-14(15)6-7-26(16)23(27)25-21/h8-12H,6-7H2,1-5H3,(H,24,25,27). The minimum Gasteiger partial charge on any atom is -0.494 e. The Morgan fingerprint density at radius 2 is 1.48 bits per heavy atom. The third-order valence-corrected chi connectivity index (χ3v) is 5.39. The summed E-state index contributed by atoms with van der Waals surface area (Å²) in [6.45, 7) is 2.51. The molecule has 1 aliphatic heterocycles. The monoisotopic (exact) mass is 423 g/mol. The number of aromatic nitrogens is 2. The van der Waals surface area contributed by atoms with Crippen LogP contribution in [0.15, 0.2) is 40.1 Å². The highest BCUT2D eigenvalue weighted by Gasteiger charge is 2.21. The van der Waals surface area contributed by atoms with Crippen molar-refractivity contribution in [2.45, 2.75) is 19.9 Å². The second-order valence-corrected chi connectivity index (χ2v) is 7.24. The summed E-state index contributed by atoms with van der Waals surface area (Å²) in [5.74, 6) is 2.40. The summed E-state index contributed by atoms with van der Waals surface area (Å²) >= 11 is 0. The number of fused-ring (bicyclic) bond motifs is 3. The summed E-state index contributed by atoms with van der Waals surface area (Å²) in [6.07, 6.45) is 0.715. The van der Waals surface area contributed by atoms with Gasteiger partial charge in [-0.3, -0.25) is 9.55 Å². The Kier molecular flexibility index (Phi) is 5.46. The van der Waals surface area contributed by atoms with E-state index in [1.807, 2.05) is 37.3 Å². The molecule has 0 aliphatic carbocycles. The van der Waals surface area contributed by atoms with Gasteiger partial charge in [-0.15, -0.1) is 0 Å². The van der Waals surface area contributed by atoms with Gasteiger partial charge >= 0.3 is 5.69 Å². The Morgan fingerprint density at radius 3 is 2.10 bits per heavy atom. The molecule has 1 aliphatic rings. The van der Waals surface area contributed by atoms with Crippen molar-refractivity contribution in [2.24, 2.45) is 4.99 Å². The molecule has 8 nitrogen and oxygen atoms in total. The van der Waals surface area contributed by atoms with Gasteiger partial charge in [0.05, 0.1) is 34.1 Å². The van der Waals surface area contributed by atoms with Gasteiger partial charge in [0, 0.05) is 18.2 Å². The molecule has 0 saturated heterocycles. The second kappa shape index (κ2) is 8.22. The van der Waals surface area contributed by atoms with Crippen LogP contribution in [0.4, 0.5) is 5.69 Å². The lowest BCUT2D eigenvalue weighted by molar-refractivity contribution is 0.354. The quantitative estimate of drug-likeness (QED) is 0.682. The number of methoxy groups -OCH3 is 4. The molecule has 0 fully saturated rings. The minimum atomic E-state index is -0.235. The first-order valence-electron chi connectivity index (χ1n) is 9.85. The van der Waals surface area contributed by atoms with Crippen LogP contribution in [0.3, 0.4) is 0 Å². The summed E-state index contributed by atoms with van der Waals surface area (Å²) in [4.78, 5) is 20.4. The fourth-order valence-corrected chi connectivity index (χ4v) is 3.89. The van der Waals surface area contributed by atoms with Crippen molar-refractivity contribution >= 4 is 5.69 Å². The normalized spacial score (nSPS) is 12.7. The maximum Gasteiger partial charge on any atom is 0.327 e. The topological polar surface area (TPSA) is 87.1 Å². The molecule has 162 valence electrons. The zero-order chi connectivity index (χ0) is 22.1. The van der Waals surface area contributed by atoms with Crippen LogP contribution in [-0.4, -0.2) is 38.0 Å². The molecule has 0 radical (unpaired) electrons. The second-order valence-electron chi connectivity index (χ2n) is 7.24. The number of nitrogens with one attached hydrogen (secondary N) is 1. The summed E-state index contributed by atoms with van der Waals surface area (Å²) in [5.41, 5.74) is 4.42. The maximum atomic E-state index is 12.9. The van der Waals surface area contributed by atoms with Crippen LogP contribution in [0, 0.1) is 6.92 Å². The molecule has 0 bridgehead atoms. The number of nitrogens with zero attached hydrogens (tertiary/aromatic N) is 2. The molecule has 4 rings (SSSR count). The number of aryl methyl sites for hydroxylation is 2. The smallest absolute Gasteiger partial charge is 0.327 e. The van der Waals surface area contributed by atoms with Crippen molar-refractivity contribution in [3.63, 3.8) is 0 Å². The highest BCUT2D eigenvalue weighted by Crippen LogP contribution is 2.39. The van der Waals surface area contributed by atoms with E-state index in [2.05, 4.69) is 9.98 Å². The maximum absolute atomic E-state index is 12.9. The molecule has 0 saturated carbocycles. The van der Waals surface area contributed by atoms with Crippen LogP contribution < -0.4 is 30.1 Å².